The molecule has 29 heavy (non-hydrogen) atoms. The molecule has 7 heteroatoms. The Balaban J connectivity index is 1.41. The van der Waals surface area contributed by atoms with E-state index in [4.69, 9.17) is 14.6 Å². The van der Waals surface area contributed by atoms with E-state index in [2.05, 4.69) is 0 Å². The number of β-amino-alcohol motifs (C(OH)–C–C–N with tert-alkyl or cyclic N) is 2. The van der Waals surface area contributed by atoms with Crippen molar-refractivity contribution >= 4 is 6.09 Å². The molecule has 1 heterocycles. The third-order valence-corrected chi connectivity index (χ3v) is 4.99. The molecule has 1 amide bonds. The van der Waals surface area contributed by atoms with E-state index in [1.807, 2.05) is 30.3 Å². The first-order chi connectivity index (χ1) is 14.0. The average Bonchev–Trinajstić information content (AvgIpc) is 2.72. The summed E-state index contributed by atoms with van der Waals surface area (Å²) < 4.78 is 11.3. The number of aliphatic hydroxyl groups excluding tert-OH is 2. The van der Waals surface area contributed by atoms with Gasteiger partial charge in [0.15, 0.2) is 0 Å². The van der Waals surface area contributed by atoms with Gasteiger partial charge in [0.2, 0.25) is 0 Å². The number of carboxylic acid groups (broad SMARTS) is 1. The molecule has 0 saturated carbocycles. The van der Waals surface area contributed by atoms with E-state index in [-0.39, 0.29) is 13.1 Å². The molecule has 0 spiro atoms. The fraction of sp³-hybridized carbons (Fsp3) is 0.409. The minimum absolute atomic E-state index is 0.0156. The maximum Gasteiger partial charge on any atom is 0.407 e. The molecule has 0 aliphatic carbocycles. The smallest absolute Gasteiger partial charge is 0.407 e. The van der Waals surface area contributed by atoms with Gasteiger partial charge in [0.25, 0.3) is 0 Å². The average molecular weight is 401 g/mol. The molecule has 1 unspecified atom stereocenters. The van der Waals surface area contributed by atoms with Crippen LogP contribution in [0.3, 0.4) is 0 Å². The van der Waals surface area contributed by atoms with Gasteiger partial charge in [0.05, 0.1) is 45.1 Å². The van der Waals surface area contributed by atoms with E-state index in [0.29, 0.717) is 25.6 Å². The summed E-state index contributed by atoms with van der Waals surface area (Å²) in [5.41, 5.74) is 1.90. The molecule has 0 aromatic heterocycles. The Kier molecular flexibility index (Phi) is 7.46. The Morgan fingerprint density at radius 3 is 2.24 bits per heavy atom. The Hall–Kier alpha value is -2.61. The predicted molar refractivity (Wildman–Crippen MR) is 107 cm³/mol. The number of carbonyl (C=O) groups is 1. The lowest BCUT2D eigenvalue weighted by Gasteiger charge is -2.38. The number of nitrogens with zero attached hydrogens (tertiary/aromatic N) is 1. The first-order valence-corrected chi connectivity index (χ1v) is 9.73. The van der Waals surface area contributed by atoms with E-state index in [1.165, 1.54) is 0 Å². The van der Waals surface area contributed by atoms with E-state index in [0.717, 1.165) is 22.4 Å². The van der Waals surface area contributed by atoms with E-state index < -0.39 is 24.2 Å². The Bertz CT molecular complexity index is 755. The maximum absolute atomic E-state index is 11.0. The van der Waals surface area contributed by atoms with Gasteiger partial charge in [-0.1, -0.05) is 42.5 Å². The van der Waals surface area contributed by atoms with Gasteiger partial charge in [-0.25, -0.2) is 4.79 Å². The SMILES string of the molecule is O=C(O)N1C[C@@H](O)C(c2ccc(OCCCOCc3ccccc3)cc2)[C@@H](O)C1. The monoisotopic (exact) mass is 401 g/mol. The highest BCUT2D eigenvalue weighted by Gasteiger charge is 2.37. The largest absolute Gasteiger partial charge is 0.494 e. The second-order valence-electron chi connectivity index (χ2n) is 7.16. The van der Waals surface area contributed by atoms with Crippen molar-refractivity contribution < 1.29 is 29.6 Å². The molecule has 1 aliphatic rings. The zero-order valence-electron chi connectivity index (χ0n) is 16.2. The number of rotatable bonds is 8. The van der Waals surface area contributed by atoms with Crippen LogP contribution in [0.15, 0.2) is 54.6 Å². The highest BCUT2D eigenvalue weighted by Crippen LogP contribution is 2.30. The summed E-state index contributed by atoms with van der Waals surface area (Å²) in [6.07, 6.45) is -2.29. The van der Waals surface area contributed by atoms with Gasteiger partial charge in [-0.2, -0.15) is 0 Å². The zero-order chi connectivity index (χ0) is 20.6. The summed E-state index contributed by atoms with van der Waals surface area (Å²) in [7, 11) is 0. The van der Waals surface area contributed by atoms with Crippen molar-refractivity contribution in [2.24, 2.45) is 0 Å². The van der Waals surface area contributed by atoms with Gasteiger partial charge in [0.1, 0.15) is 5.75 Å². The zero-order valence-corrected chi connectivity index (χ0v) is 16.2. The van der Waals surface area contributed by atoms with Gasteiger partial charge in [-0.05, 0) is 23.3 Å². The van der Waals surface area contributed by atoms with Gasteiger partial charge in [-0.3, -0.25) is 0 Å². The molecule has 1 fully saturated rings. The van der Waals surface area contributed by atoms with Crippen molar-refractivity contribution in [1.82, 2.24) is 4.90 Å². The fourth-order valence-electron chi connectivity index (χ4n) is 3.51. The summed E-state index contributed by atoms with van der Waals surface area (Å²) in [5, 5.41) is 29.6. The van der Waals surface area contributed by atoms with Crippen LogP contribution >= 0.6 is 0 Å². The van der Waals surface area contributed by atoms with E-state index >= 15 is 0 Å². The van der Waals surface area contributed by atoms with Crippen LogP contribution in [0.1, 0.15) is 23.5 Å². The molecule has 2 aromatic carbocycles. The number of amides is 1. The summed E-state index contributed by atoms with van der Waals surface area (Å²) in [6, 6.07) is 17.2. The van der Waals surface area contributed by atoms with Gasteiger partial charge >= 0.3 is 6.09 Å². The summed E-state index contributed by atoms with van der Waals surface area (Å²) in [6.45, 7) is 1.68. The lowest BCUT2D eigenvalue weighted by Crippen LogP contribution is -2.52. The number of benzene rings is 2. The lowest BCUT2D eigenvalue weighted by molar-refractivity contribution is -0.0229. The first-order valence-electron chi connectivity index (χ1n) is 9.73. The molecule has 1 saturated heterocycles. The van der Waals surface area contributed by atoms with Crippen LogP contribution in [-0.4, -0.2) is 64.8 Å². The third-order valence-electron chi connectivity index (χ3n) is 4.99. The number of ether oxygens (including phenoxy) is 2. The molecule has 3 rings (SSSR count). The van der Waals surface area contributed by atoms with Crippen LogP contribution in [0.25, 0.3) is 0 Å². The maximum atomic E-state index is 11.0. The molecule has 0 radical (unpaired) electrons. The van der Waals surface area contributed by atoms with Crippen molar-refractivity contribution in [3.63, 3.8) is 0 Å². The predicted octanol–water partition coefficient (Wildman–Crippen LogP) is 2.47. The van der Waals surface area contributed by atoms with Gasteiger partial charge < -0.3 is 29.7 Å². The quantitative estimate of drug-likeness (QED) is 0.588. The minimum atomic E-state index is -1.14. The Morgan fingerprint density at radius 1 is 0.966 bits per heavy atom. The van der Waals surface area contributed by atoms with Crippen LogP contribution in [0.5, 0.6) is 5.75 Å². The highest BCUT2D eigenvalue weighted by molar-refractivity contribution is 5.65. The molecular formula is C22H27NO6. The summed E-state index contributed by atoms with van der Waals surface area (Å²) in [4.78, 5) is 12.1. The summed E-state index contributed by atoms with van der Waals surface area (Å²) >= 11 is 0. The summed E-state index contributed by atoms with van der Waals surface area (Å²) in [5.74, 6) is 0.176. The molecule has 0 bridgehead atoms. The number of hydrogen-bond donors (Lipinski definition) is 3. The normalized spacial score (nSPS) is 21.7. The highest BCUT2D eigenvalue weighted by atomic mass is 16.5. The van der Waals surface area contributed by atoms with Crippen molar-refractivity contribution in [2.45, 2.75) is 31.2 Å². The Labute approximate surface area is 170 Å². The van der Waals surface area contributed by atoms with Crippen LogP contribution < -0.4 is 4.74 Å². The molecule has 3 N–H and O–H groups in total. The molecule has 2 aromatic rings. The first kappa shape index (κ1) is 21.1. The van der Waals surface area contributed by atoms with Crippen LogP contribution in [0, 0.1) is 0 Å². The minimum Gasteiger partial charge on any atom is -0.494 e. The van der Waals surface area contributed by atoms with Gasteiger partial charge in [0, 0.05) is 12.3 Å². The molecular weight excluding hydrogens is 374 g/mol. The third kappa shape index (κ3) is 5.93. The van der Waals surface area contributed by atoms with E-state index in [9.17, 15) is 15.0 Å². The lowest BCUT2D eigenvalue weighted by atomic mass is 9.85. The van der Waals surface area contributed by atoms with Crippen LogP contribution in [0.2, 0.25) is 0 Å². The van der Waals surface area contributed by atoms with Crippen molar-refractivity contribution in [3.05, 3.63) is 65.7 Å². The standard InChI is InChI=1S/C22H27NO6/c24-19-13-23(22(26)27)14-20(25)21(19)17-7-9-18(10-8-17)29-12-4-11-28-15-16-5-2-1-3-6-16/h1-3,5-10,19-21,24-25H,4,11-15H2,(H,26,27)/t19-,20+,21?. The number of likely N-dealkylation sites (tertiary alicyclic amines) is 1. The van der Waals surface area contributed by atoms with E-state index in [1.54, 1.807) is 24.3 Å². The molecule has 3 atom stereocenters. The molecule has 156 valence electrons. The number of piperidine rings is 1. The number of aliphatic hydroxyl groups is 2. The van der Waals surface area contributed by atoms with Crippen LogP contribution in [0.4, 0.5) is 4.79 Å². The van der Waals surface area contributed by atoms with Crippen molar-refractivity contribution in [1.29, 1.82) is 0 Å². The van der Waals surface area contributed by atoms with Crippen molar-refractivity contribution in [3.8, 4) is 5.75 Å². The number of hydrogen-bond acceptors (Lipinski definition) is 5. The second kappa shape index (κ2) is 10.2. The molecule has 1 aliphatic heterocycles. The topological polar surface area (TPSA) is 99.5 Å². The second-order valence-corrected chi connectivity index (χ2v) is 7.16. The fourth-order valence-corrected chi connectivity index (χ4v) is 3.51. The van der Waals surface area contributed by atoms with Gasteiger partial charge in [-0.15, -0.1) is 0 Å². The van der Waals surface area contributed by atoms with Crippen molar-refractivity contribution in [2.75, 3.05) is 26.3 Å². The van der Waals surface area contributed by atoms with Crippen LogP contribution in [-0.2, 0) is 11.3 Å². The Morgan fingerprint density at radius 2 is 1.62 bits per heavy atom. The molecule has 7 nitrogen and oxygen atoms in total.